The molecule has 0 radical (unpaired) electrons. The van der Waals surface area contributed by atoms with Crippen LogP contribution in [0.25, 0.3) is 0 Å². The van der Waals surface area contributed by atoms with E-state index in [4.69, 9.17) is 27.9 Å². The molecule has 100 valence electrons. The summed E-state index contributed by atoms with van der Waals surface area (Å²) in [4.78, 5) is 11.6. The van der Waals surface area contributed by atoms with Crippen LogP contribution in [-0.4, -0.2) is 19.1 Å². The van der Waals surface area contributed by atoms with Gasteiger partial charge in [0.15, 0.2) is 0 Å². The van der Waals surface area contributed by atoms with Crippen LogP contribution in [0, 0.1) is 5.92 Å². The summed E-state index contributed by atoms with van der Waals surface area (Å²) >= 11 is 11.8. The molecule has 0 heterocycles. The van der Waals surface area contributed by atoms with E-state index < -0.39 is 0 Å². The average Bonchev–Trinajstić information content (AvgIpc) is 2.33. The summed E-state index contributed by atoms with van der Waals surface area (Å²) < 4.78 is 4.76. The zero-order chi connectivity index (χ0) is 13.7. The SMILES string of the molecule is COC(=O)C(NCc1ccc(Cl)c(Cl)c1)C(C)C. The zero-order valence-corrected chi connectivity index (χ0v) is 12.2. The first-order valence-corrected chi connectivity index (χ1v) is 6.46. The topological polar surface area (TPSA) is 38.3 Å². The fourth-order valence-electron chi connectivity index (χ4n) is 1.60. The first kappa shape index (κ1) is 15.3. The molecule has 0 fully saturated rings. The van der Waals surface area contributed by atoms with E-state index in [1.807, 2.05) is 19.9 Å². The number of nitrogens with one attached hydrogen (secondary N) is 1. The molecule has 0 saturated heterocycles. The second-order valence-electron chi connectivity index (χ2n) is 4.37. The van der Waals surface area contributed by atoms with Crippen LogP contribution >= 0.6 is 23.2 Å². The minimum atomic E-state index is -0.329. The lowest BCUT2D eigenvalue weighted by atomic mass is 10.0. The van der Waals surface area contributed by atoms with E-state index >= 15 is 0 Å². The first-order valence-electron chi connectivity index (χ1n) is 5.70. The third kappa shape index (κ3) is 4.16. The molecule has 0 saturated carbocycles. The number of halogens is 2. The number of benzene rings is 1. The third-order valence-electron chi connectivity index (χ3n) is 2.63. The summed E-state index contributed by atoms with van der Waals surface area (Å²) in [6.07, 6.45) is 0. The molecule has 0 aliphatic rings. The highest BCUT2D eigenvalue weighted by Gasteiger charge is 2.22. The molecule has 1 unspecified atom stereocenters. The van der Waals surface area contributed by atoms with Gasteiger partial charge < -0.3 is 10.1 Å². The van der Waals surface area contributed by atoms with Gasteiger partial charge in [0.1, 0.15) is 6.04 Å². The van der Waals surface area contributed by atoms with Gasteiger partial charge in [0.25, 0.3) is 0 Å². The monoisotopic (exact) mass is 289 g/mol. The second kappa shape index (κ2) is 6.98. The Morgan fingerprint density at radius 2 is 2.00 bits per heavy atom. The molecule has 0 aromatic heterocycles. The Labute approximate surface area is 117 Å². The average molecular weight is 290 g/mol. The van der Waals surface area contributed by atoms with Gasteiger partial charge in [0.05, 0.1) is 17.2 Å². The maximum absolute atomic E-state index is 11.6. The number of carbonyl (C=O) groups is 1. The van der Waals surface area contributed by atoms with Gasteiger partial charge in [-0.15, -0.1) is 0 Å². The van der Waals surface area contributed by atoms with E-state index in [0.29, 0.717) is 16.6 Å². The molecule has 0 aliphatic heterocycles. The van der Waals surface area contributed by atoms with Gasteiger partial charge in [0, 0.05) is 6.54 Å². The van der Waals surface area contributed by atoms with Gasteiger partial charge in [-0.25, -0.2) is 0 Å². The Morgan fingerprint density at radius 3 is 2.50 bits per heavy atom. The molecule has 1 aromatic rings. The van der Waals surface area contributed by atoms with Crippen LogP contribution in [0.3, 0.4) is 0 Å². The highest BCUT2D eigenvalue weighted by Crippen LogP contribution is 2.22. The van der Waals surface area contributed by atoms with Crippen molar-refractivity contribution in [3.8, 4) is 0 Å². The summed E-state index contributed by atoms with van der Waals surface area (Å²) in [6, 6.07) is 5.06. The minimum Gasteiger partial charge on any atom is -0.468 e. The van der Waals surface area contributed by atoms with E-state index in [9.17, 15) is 4.79 Å². The number of ether oxygens (including phenoxy) is 1. The van der Waals surface area contributed by atoms with Gasteiger partial charge in [-0.2, -0.15) is 0 Å². The molecule has 1 N–H and O–H groups in total. The molecule has 1 aromatic carbocycles. The molecular weight excluding hydrogens is 273 g/mol. The van der Waals surface area contributed by atoms with E-state index in [1.54, 1.807) is 12.1 Å². The summed E-state index contributed by atoms with van der Waals surface area (Å²) in [7, 11) is 1.39. The first-order chi connectivity index (χ1) is 8.45. The van der Waals surface area contributed by atoms with Crippen LogP contribution in [0.15, 0.2) is 18.2 Å². The molecule has 5 heteroatoms. The number of esters is 1. The lowest BCUT2D eigenvalue weighted by Crippen LogP contribution is -2.41. The van der Waals surface area contributed by atoms with Crippen molar-refractivity contribution in [2.24, 2.45) is 5.92 Å². The van der Waals surface area contributed by atoms with E-state index in [-0.39, 0.29) is 17.9 Å². The molecule has 0 amide bonds. The standard InChI is InChI=1S/C13H17Cl2NO2/c1-8(2)12(13(17)18-3)16-7-9-4-5-10(14)11(15)6-9/h4-6,8,12,16H,7H2,1-3H3. The number of rotatable bonds is 5. The lowest BCUT2D eigenvalue weighted by Gasteiger charge is -2.19. The maximum atomic E-state index is 11.6. The van der Waals surface area contributed by atoms with Crippen LogP contribution in [0.4, 0.5) is 0 Å². The maximum Gasteiger partial charge on any atom is 0.323 e. The number of hydrogen-bond acceptors (Lipinski definition) is 3. The van der Waals surface area contributed by atoms with E-state index in [2.05, 4.69) is 5.32 Å². The third-order valence-corrected chi connectivity index (χ3v) is 3.37. The minimum absolute atomic E-state index is 0.153. The number of carbonyl (C=O) groups excluding carboxylic acids is 1. The molecule has 0 spiro atoms. The number of methoxy groups -OCH3 is 1. The van der Waals surface area contributed by atoms with Crippen molar-refractivity contribution in [2.75, 3.05) is 7.11 Å². The van der Waals surface area contributed by atoms with Gasteiger partial charge >= 0.3 is 5.97 Å². The van der Waals surface area contributed by atoms with Gasteiger partial charge in [-0.3, -0.25) is 4.79 Å². The normalized spacial score (nSPS) is 12.6. The Hall–Kier alpha value is -0.770. The van der Waals surface area contributed by atoms with Crippen LogP contribution in [0.1, 0.15) is 19.4 Å². The Bertz CT molecular complexity index is 421. The predicted octanol–water partition coefficient (Wildman–Crippen LogP) is 3.28. The molecule has 18 heavy (non-hydrogen) atoms. The highest BCUT2D eigenvalue weighted by molar-refractivity contribution is 6.42. The molecule has 3 nitrogen and oxygen atoms in total. The van der Waals surface area contributed by atoms with Gasteiger partial charge in [-0.05, 0) is 23.6 Å². The van der Waals surface area contributed by atoms with Crippen molar-refractivity contribution in [2.45, 2.75) is 26.4 Å². The number of hydrogen-bond donors (Lipinski definition) is 1. The van der Waals surface area contributed by atoms with E-state index in [0.717, 1.165) is 5.56 Å². The summed E-state index contributed by atoms with van der Waals surface area (Å²) in [6.45, 7) is 4.46. The molecule has 0 bridgehead atoms. The smallest absolute Gasteiger partial charge is 0.323 e. The van der Waals surface area contributed by atoms with Crippen molar-refractivity contribution in [1.29, 1.82) is 0 Å². The predicted molar refractivity (Wildman–Crippen MR) is 73.9 cm³/mol. The van der Waals surface area contributed by atoms with Crippen LogP contribution in [0.2, 0.25) is 10.0 Å². The van der Waals surface area contributed by atoms with Crippen LogP contribution in [0.5, 0.6) is 0 Å². The highest BCUT2D eigenvalue weighted by atomic mass is 35.5. The molecular formula is C13H17Cl2NO2. The Balaban J connectivity index is 2.67. The fourth-order valence-corrected chi connectivity index (χ4v) is 1.92. The van der Waals surface area contributed by atoms with Gasteiger partial charge in [0.2, 0.25) is 0 Å². The molecule has 1 rings (SSSR count). The molecule has 0 aliphatic carbocycles. The molecule has 1 atom stereocenters. The van der Waals surface area contributed by atoms with Crippen molar-refractivity contribution in [3.05, 3.63) is 33.8 Å². The van der Waals surface area contributed by atoms with Crippen molar-refractivity contribution in [3.63, 3.8) is 0 Å². The van der Waals surface area contributed by atoms with Crippen molar-refractivity contribution in [1.82, 2.24) is 5.32 Å². The summed E-state index contributed by atoms with van der Waals surface area (Å²) in [5, 5.41) is 4.19. The summed E-state index contributed by atoms with van der Waals surface area (Å²) in [5.41, 5.74) is 0.971. The largest absolute Gasteiger partial charge is 0.468 e. The Morgan fingerprint density at radius 1 is 1.33 bits per heavy atom. The van der Waals surface area contributed by atoms with Crippen molar-refractivity contribution < 1.29 is 9.53 Å². The fraction of sp³-hybridized carbons (Fsp3) is 0.462. The summed E-state index contributed by atoms with van der Waals surface area (Å²) in [5.74, 6) is -0.106. The van der Waals surface area contributed by atoms with E-state index in [1.165, 1.54) is 7.11 Å². The zero-order valence-electron chi connectivity index (χ0n) is 10.7. The van der Waals surface area contributed by atoms with Crippen LogP contribution in [-0.2, 0) is 16.1 Å². The van der Waals surface area contributed by atoms with Crippen LogP contribution < -0.4 is 5.32 Å². The van der Waals surface area contributed by atoms with Crippen molar-refractivity contribution >= 4 is 29.2 Å². The Kier molecular flexibility index (Phi) is 5.93. The van der Waals surface area contributed by atoms with Gasteiger partial charge in [-0.1, -0.05) is 43.1 Å². The quantitative estimate of drug-likeness (QED) is 0.846. The lowest BCUT2D eigenvalue weighted by molar-refractivity contribution is -0.144. The second-order valence-corrected chi connectivity index (χ2v) is 5.19.